The van der Waals surface area contributed by atoms with E-state index in [9.17, 15) is 0 Å². The first-order chi connectivity index (χ1) is 62.4. The third-order valence-corrected chi connectivity index (χ3v) is 21.3. The number of rotatable bonds is 4. The summed E-state index contributed by atoms with van der Waals surface area (Å²) in [5.74, 6) is 0. The van der Waals surface area contributed by atoms with Gasteiger partial charge in [0, 0.05) is 118 Å². The number of nitrogens with zero attached hydrogens (tertiary/aromatic N) is 13. The molecule has 18 aromatic rings. The molecule has 0 atom stereocenters. The highest BCUT2D eigenvalue weighted by molar-refractivity contribution is 7.25. The molecule has 9 heterocycles. The van der Waals surface area contributed by atoms with Gasteiger partial charge in [0.2, 0.25) is 0 Å². The Labute approximate surface area is 776 Å². The van der Waals surface area contributed by atoms with Crippen LogP contribution in [0.25, 0.3) is 142 Å². The van der Waals surface area contributed by atoms with Crippen LogP contribution in [0.3, 0.4) is 0 Å². The number of aromatic nitrogens is 13. The minimum Gasteiger partial charge on any atom is -0.456 e. The second-order valence-corrected chi connectivity index (χ2v) is 27.7. The molecule has 0 bridgehead atoms. The molecule has 0 saturated heterocycles. The summed E-state index contributed by atoms with van der Waals surface area (Å²) in [6.07, 6.45) is 21.9. The first-order valence-corrected chi connectivity index (χ1v) is 48.0. The molecule has 15 heteroatoms. The summed E-state index contributed by atoms with van der Waals surface area (Å²) in [4.78, 5) is 29.2. The molecule has 9 aromatic carbocycles. The first-order valence-electron chi connectivity index (χ1n) is 47.2. The van der Waals surface area contributed by atoms with Crippen LogP contribution in [-0.2, 0) is 42.3 Å². The van der Waals surface area contributed by atoms with Crippen LogP contribution < -0.4 is 22.8 Å². The van der Waals surface area contributed by atoms with Gasteiger partial charge in [-0.15, -0.1) is 11.3 Å². The van der Waals surface area contributed by atoms with Crippen LogP contribution in [-0.4, -0.2) is 39.5 Å². The Kier molecular flexibility index (Phi) is 54.1. The van der Waals surface area contributed by atoms with E-state index in [1.54, 1.807) is 18.9 Å². The summed E-state index contributed by atoms with van der Waals surface area (Å²) in [5.41, 5.74) is 26.7. The maximum Gasteiger partial charge on any atom is 0.286 e. The smallest absolute Gasteiger partial charge is 0.286 e. The zero-order valence-corrected chi connectivity index (χ0v) is 87.3. The maximum absolute atomic E-state index is 5.94. The minimum atomic E-state index is 0.933. The number of furan rings is 1. The van der Waals surface area contributed by atoms with E-state index < -0.39 is 0 Å². The van der Waals surface area contributed by atoms with Crippen LogP contribution in [0.15, 0.2) is 231 Å². The molecule has 0 unspecified atom stereocenters. The molecule has 14 nitrogen and oxygen atoms in total. The number of fused-ring (bicyclic) bond motifs is 15. The fourth-order valence-corrected chi connectivity index (χ4v) is 15.7. The number of aryl methyl sites for hydroxylation is 13. The predicted molar refractivity (Wildman–Crippen MR) is 561 cm³/mol. The van der Waals surface area contributed by atoms with Crippen molar-refractivity contribution in [1.29, 1.82) is 0 Å². The van der Waals surface area contributed by atoms with Crippen molar-refractivity contribution < 1.29 is 27.3 Å². The molecule has 0 aliphatic carbocycles. The number of benzene rings is 9. The normalized spacial score (nSPS) is 9.60. The quantitative estimate of drug-likeness (QED) is 0.126. The third kappa shape index (κ3) is 27.1. The van der Waals surface area contributed by atoms with Crippen molar-refractivity contribution in [3.63, 3.8) is 0 Å². The summed E-state index contributed by atoms with van der Waals surface area (Å²) >= 11 is 1.86. The van der Waals surface area contributed by atoms with Crippen LogP contribution in [0.1, 0.15) is 230 Å². The molecule has 0 aliphatic rings. The topological polar surface area (TPSA) is 128 Å². The summed E-state index contributed by atoms with van der Waals surface area (Å²) < 4.78 is 21.2. The van der Waals surface area contributed by atoms with Crippen molar-refractivity contribution in [1.82, 2.24) is 39.5 Å². The van der Waals surface area contributed by atoms with Gasteiger partial charge in [-0.25, -0.2) is 32.8 Å². The molecule has 0 aliphatic heterocycles. The standard InChI is InChI=1S/C22H23N2.C19H18N3.C18H15N2O.C18H15N2S.C10H11N4.13C2H6/c1-12-8-7-9-17-19(12)22-18(10-23-11-24(22)6)21-16(5)14(3)13(2)15(4)20(17)21;1-13-10-19-16(14-6-4-5-7-18(14)22(19)3)11-15(13)17-8-9-20-12-21(17)2;2*1-12-9-18-15(13-5-3-4-6-17(13)21-18)10-14(12)16-7-8-19-11-20(16)2;1-8-5-12-6-13-10(8)9-3-4-11-7-14(9)2;13*1-2/h7-11H,1-6H3;4-12H,1-3H3;2*3-11H,1-2H3;3-7H,1-2H3;13*1-2H3/q5*+1;;;;;;;;;;;;;. The Hall–Kier alpha value is -11.9. The molecule has 0 fully saturated rings. The fraction of sp³-hybridized carbons (Fsp3) is 0.363. The molecule has 0 spiro atoms. The summed E-state index contributed by atoms with van der Waals surface area (Å²) in [6.45, 7) is 71.7. The van der Waals surface area contributed by atoms with Crippen LogP contribution in [0.4, 0.5) is 0 Å². The fourth-order valence-electron chi connectivity index (χ4n) is 14.6. The molecule has 0 radical (unpaired) electrons. The highest BCUT2D eigenvalue weighted by atomic mass is 32.1. The zero-order chi connectivity index (χ0) is 97.2. The van der Waals surface area contributed by atoms with Crippen LogP contribution in [0.2, 0.25) is 0 Å². The average Bonchev–Trinajstić information content (AvgIpc) is 1.15. The van der Waals surface area contributed by atoms with E-state index in [2.05, 4.69) is 244 Å². The van der Waals surface area contributed by atoms with Crippen molar-refractivity contribution in [2.75, 3.05) is 0 Å². The minimum absolute atomic E-state index is 0.933. The van der Waals surface area contributed by atoms with E-state index in [4.69, 9.17) is 4.42 Å². The molecular formula is C113H160N13OS+5. The van der Waals surface area contributed by atoms with E-state index in [0.717, 1.165) is 44.6 Å². The predicted octanol–water partition coefficient (Wildman–Crippen LogP) is 30.5. The van der Waals surface area contributed by atoms with Crippen molar-refractivity contribution in [2.24, 2.45) is 42.3 Å². The van der Waals surface area contributed by atoms with Gasteiger partial charge in [0.05, 0.1) is 40.6 Å². The summed E-state index contributed by atoms with van der Waals surface area (Å²) in [6, 6.07) is 53.7. The summed E-state index contributed by atoms with van der Waals surface area (Å²) in [5, 5.41) is 14.3. The molecule has 0 N–H and O–H groups in total. The van der Waals surface area contributed by atoms with Crippen LogP contribution in [0.5, 0.6) is 0 Å². The molecule has 128 heavy (non-hydrogen) atoms. The van der Waals surface area contributed by atoms with Gasteiger partial charge in [0.1, 0.15) is 70.6 Å². The van der Waals surface area contributed by atoms with E-state index >= 15 is 0 Å². The SMILES string of the molecule is CC.CC.CC.CC.CC.CC.CC.CC.CC.CC.CC.CC.CC.Cc1c(C)c(C)c2c3cnc[n+](C)c3c3c(C)cccc3c2c1C.Cc1cc2c(cc1-c1ccnc[n+]1C)c1ccccc1n2C.Cc1cc2oc3ccccc3c2cc1-c1ccnc[n+]1C.Cc1cc2sc3ccccc3c2cc1-c1ccnc[n+]1C.Cc1cncnc1-c1ccnc[n+]1C. The van der Waals surface area contributed by atoms with E-state index in [-0.39, 0.29) is 0 Å². The second-order valence-electron chi connectivity index (χ2n) is 26.7. The van der Waals surface area contributed by atoms with Gasteiger partial charge in [-0.2, -0.15) is 0 Å². The lowest BCUT2D eigenvalue weighted by molar-refractivity contribution is -0.663. The molecule has 684 valence electrons. The highest BCUT2D eigenvalue weighted by Gasteiger charge is 2.23. The lowest BCUT2D eigenvalue weighted by atomic mass is 9.86. The first kappa shape index (κ1) is 114. The molecule has 9 aromatic heterocycles. The Morgan fingerprint density at radius 3 is 1.18 bits per heavy atom. The number of thiophene rings is 1. The van der Waals surface area contributed by atoms with E-state index in [0.29, 0.717) is 0 Å². The lowest BCUT2D eigenvalue weighted by Crippen LogP contribution is -2.31. The van der Waals surface area contributed by atoms with Crippen LogP contribution in [0, 0.1) is 62.3 Å². The van der Waals surface area contributed by atoms with Gasteiger partial charge in [-0.3, -0.25) is 0 Å². The highest BCUT2D eigenvalue weighted by Crippen LogP contribution is 2.42. The largest absolute Gasteiger partial charge is 0.456 e. The van der Waals surface area contributed by atoms with Crippen molar-refractivity contribution >= 4 is 108 Å². The third-order valence-electron chi connectivity index (χ3n) is 20.2. The molecule has 0 saturated carbocycles. The second kappa shape index (κ2) is 60.7. The number of para-hydroxylation sites is 2. The molecular weight excluding hydrogens is 1590 g/mol. The van der Waals surface area contributed by atoms with Gasteiger partial charge >= 0.3 is 0 Å². The van der Waals surface area contributed by atoms with E-state index in [1.165, 1.54) is 147 Å². The maximum atomic E-state index is 5.94. The number of hydrogen-bond acceptors (Lipinski definition) is 9. The molecule has 0 amide bonds. The van der Waals surface area contributed by atoms with Gasteiger partial charge in [-0.05, 0) is 178 Å². The molecule has 18 rings (SSSR count). The monoisotopic (exact) mass is 1750 g/mol. The van der Waals surface area contributed by atoms with Gasteiger partial charge in [0.15, 0.2) is 11.9 Å². The van der Waals surface area contributed by atoms with E-state index in [1.807, 2.05) is 322 Å². The van der Waals surface area contributed by atoms with Crippen molar-refractivity contribution in [2.45, 2.75) is 242 Å². The summed E-state index contributed by atoms with van der Waals surface area (Å²) in [7, 11) is 12.3. The Morgan fingerprint density at radius 2 is 0.688 bits per heavy atom. The van der Waals surface area contributed by atoms with Crippen LogP contribution >= 0.6 is 11.3 Å². The van der Waals surface area contributed by atoms with Gasteiger partial charge < -0.3 is 8.98 Å². The Bertz CT molecular complexity index is 6020. The Morgan fingerprint density at radius 1 is 0.281 bits per heavy atom. The van der Waals surface area contributed by atoms with Gasteiger partial charge in [-0.1, -0.05) is 278 Å². The zero-order valence-electron chi connectivity index (χ0n) is 86.5. The van der Waals surface area contributed by atoms with Gasteiger partial charge in [0.25, 0.3) is 31.6 Å². The lowest BCUT2D eigenvalue weighted by Gasteiger charge is -2.18. The Balaban J connectivity index is 0.000000754. The average molecular weight is 1750 g/mol. The number of hydrogen-bond donors (Lipinski definition) is 0. The van der Waals surface area contributed by atoms with Crippen molar-refractivity contribution in [3.05, 3.63) is 277 Å². The van der Waals surface area contributed by atoms with Crippen molar-refractivity contribution in [3.8, 4) is 45.2 Å².